The van der Waals surface area contributed by atoms with Gasteiger partial charge in [-0.3, -0.25) is 0 Å². The zero-order chi connectivity index (χ0) is 13.8. The molecule has 20 heavy (non-hydrogen) atoms. The molecule has 0 amide bonds. The van der Waals surface area contributed by atoms with Gasteiger partial charge >= 0.3 is 0 Å². The third-order valence-electron chi connectivity index (χ3n) is 4.22. The SMILES string of the molecule is CN(CCOCc1ccc(CNC2CC2)cc1)C1CC1. The maximum absolute atomic E-state index is 5.76. The van der Waals surface area contributed by atoms with Crippen molar-refractivity contribution in [1.29, 1.82) is 0 Å². The number of rotatable bonds is 9. The molecular weight excluding hydrogens is 248 g/mol. The smallest absolute Gasteiger partial charge is 0.0717 e. The van der Waals surface area contributed by atoms with Crippen LogP contribution < -0.4 is 5.32 Å². The minimum absolute atomic E-state index is 0.731. The Morgan fingerprint density at radius 3 is 2.45 bits per heavy atom. The highest BCUT2D eigenvalue weighted by atomic mass is 16.5. The molecule has 3 rings (SSSR count). The molecule has 3 nitrogen and oxygen atoms in total. The van der Waals surface area contributed by atoms with Crippen molar-refractivity contribution in [1.82, 2.24) is 10.2 Å². The second-order valence-electron chi connectivity index (χ2n) is 6.24. The van der Waals surface area contributed by atoms with Crippen LogP contribution in [0.1, 0.15) is 36.8 Å². The van der Waals surface area contributed by atoms with E-state index < -0.39 is 0 Å². The number of benzene rings is 1. The normalized spacial score (nSPS) is 18.7. The summed E-state index contributed by atoms with van der Waals surface area (Å²) in [5.74, 6) is 0. The second-order valence-corrected chi connectivity index (χ2v) is 6.24. The van der Waals surface area contributed by atoms with Crippen LogP contribution in [0.15, 0.2) is 24.3 Å². The standard InChI is InChI=1S/C17H26N2O/c1-19(17-8-9-17)10-11-20-13-15-4-2-14(3-5-15)12-18-16-6-7-16/h2-5,16-18H,6-13H2,1H3. The van der Waals surface area contributed by atoms with Crippen LogP contribution >= 0.6 is 0 Å². The van der Waals surface area contributed by atoms with E-state index in [0.717, 1.165) is 38.4 Å². The molecular formula is C17H26N2O. The van der Waals surface area contributed by atoms with Crippen LogP contribution in [0.4, 0.5) is 0 Å². The molecule has 0 spiro atoms. The number of ether oxygens (including phenoxy) is 1. The Hall–Kier alpha value is -0.900. The van der Waals surface area contributed by atoms with Gasteiger partial charge in [0, 0.05) is 25.2 Å². The third-order valence-corrected chi connectivity index (χ3v) is 4.22. The highest BCUT2D eigenvalue weighted by molar-refractivity contribution is 5.22. The quantitative estimate of drug-likeness (QED) is 0.700. The molecule has 0 saturated heterocycles. The minimum atomic E-state index is 0.731. The van der Waals surface area contributed by atoms with E-state index in [2.05, 4.69) is 41.5 Å². The van der Waals surface area contributed by atoms with E-state index in [1.165, 1.54) is 36.8 Å². The Morgan fingerprint density at radius 2 is 1.80 bits per heavy atom. The van der Waals surface area contributed by atoms with Gasteiger partial charge in [0.25, 0.3) is 0 Å². The second kappa shape index (κ2) is 6.70. The van der Waals surface area contributed by atoms with Crippen LogP contribution in [0.3, 0.4) is 0 Å². The van der Waals surface area contributed by atoms with Gasteiger partial charge in [0.05, 0.1) is 13.2 Å². The molecule has 0 unspecified atom stereocenters. The Kier molecular flexibility index (Phi) is 4.71. The summed E-state index contributed by atoms with van der Waals surface area (Å²) in [5.41, 5.74) is 2.64. The lowest BCUT2D eigenvalue weighted by atomic mass is 10.1. The highest BCUT2D eigenvalue weighted by Crippen LogP contribution is 2.24. The Morgan fingerprint density at radius 1 is 1.10 bits per heavy atom. The summed E-state index contributed by atoms with van der Waals surface area (Å²) in [7, 11) is 2.20. The number of hydrogen-bond acceptors (Lipinski definition) is 3. The van der Waals surface area contributed by atoms with E-state index in [1.807, 2.05) is 0 Å². The molecule has 0 aromatic heterocycles. The van der Waals surface area contributed by atoms with Crippen LogP contribution in [0.25, 0.3) is 0 Å². The monoisotopic (exact) mass is 274 g/mol. The molecule has 2 aliphatic carbocycles. The number of nitrogens with one attached hydrogen (secondary N) is 1. The van der Waals surface area contributed by atoms with Gasteiger partial charge in [-0.15, -0.1) is 0 Å². The van der Waals surface area contributed by atoms with Crippen molar-refractivity contribution in [3.8, 4) is 0 Å². The first-order valence-corrected chi connectivity index (χ1v) is 7.90. The Bertz CT molecular complexity index is 410. The Labute approximate surface area is 122 Å². The highest BCUT2D eigenvalue weighted by Gasteiger charge is 2.25. The van der Waals surface area contributed by atoms with Gasteiger partial charge in [-0.1, -0.05) is 24.3 Å². The average molecular weight is 274 g/mol. The van der Waals surface area contributed by atoms with Gasteiger partial charge in [-0.05, 0) is 43.9 Å². The van der Waals surface area contributed by atoms with E-state index in [9.17, 15) is 0 Å². The first-order chi connectivity index (χ1) is 9.81. The van der Waals surface area contributed by atoms with Crippen molar-refractivity contribution in [3.63, 3.8) is 0 Å². The fourth-order valence-corrected chi connectivity index (χ4v) is 2.40. The van der Waals surface area contributed by atoms with E-state index >= 15 is 0 Å². The molecule has 0 aliphatic heterocycles. The van der Waals surface area contributed by atoms with Crippen LogP contribution in [-0.4, -0.2) is 37.2 Å². The van der Waals surface area contributed by atoms with Gasteiger partial charge < -0.3 is 15.0 Å². The summed E-state index contributed by atoms with van der Waals surface area (Å²) >= 11 is 0. The van der Waals surface area contributed by atoms with Crippen LogP contribution in [-0.2, 0) is 17.9 Å². The molecule has 0 heterocycles. The molecule has 3 heteroatoms. The van der Waals surface area contributed by atoms with Crippen LogP contribution in [0.2, 0.25) is 0 Å². The van der Waals surface area contributed by atoms with Crippen LogP contribution in [0, 0.1) is 0 Å². The molecule has 2 fully saturated rings. The molecule has 1 N–H and O–H groups in total. The molecule has 0 radical (unpaired) electrons. The molecule has 0 atom stereocenters. The Balaban J connectivity index is 1.32. The molecule has 1 aromatic rings. The third kappa shape index (κ3) is 4.58. The largest absolute Gasteiger partial charge is 0.375 e. The fraction of sp³-hybridized carbons (Fsp3) is 0.647. The molecule has 2 aliphatic rings. The topological polar surface area (TPSA) is 24.5 Å². The zero-order valence-electron chi connectivity index (χ0n) is 12.5. The van der Waals surface area contributed by atoms with Crippen molar-refractivity contribution in [2.45, 2.75) is 50.9 Å². The van der Waals surface area contributed by atoms with Crippen molar-refractivity contribution >= 4 is 0 Å². The van der Waals surface area contributed by atoms with E-state index in [0.29, 0.717) is 0 Å². The predicted molar refractivity (Wildman–Crippen MR) is 81.6 cm³/mol. The number of likely N-dealkylation sites (N-methyl/N-ethyl adjacent to an activating group) is 1. The number of hydrogen-bond donors (Lipinski definition) is 1. The van der Waals surface area contributed by atoms with Gasteiger partial charge in [0.2, 0.25) is 0 Å². The van der Waals surface area contributed by atoms with Gasteiger partial charge in [-0.25, -0.2) is 0 Å². The van der Waals surface area contributed by atoms with E-state index in [-0.39, 0.29) is 0 Å². The van der Waals surface area contributed by atoms with Crippen molar-refractivity contribution in [2.75, 3.05) is 20.2 Å². The molecule has 0 bridgehead atoms. The summed E-state index contributed by atoms with van der Waals surface area (Å²) in [6.07, 6.45) is 5.43. The average Bonchev–Trinajstić information content (AvgIpc) is 3.35. The maximum Gasteiger partial charge on any atom is 0.0717 e. The zero-order valence-corrected chi connectivity index (χ0v) is 12.5. The summed E-state index contributed by atoms with van der Waals surface area (Å²) in [6, 6.07) is 10.4. The summed E-state index contributed by atoms with van der Waals surface area (Å²) in [6.45, 7) is 3.61. The first-order valence-electron chi connectivity index (χ1n) is 7.90. The lowest BCUT2D eigenvalue weighted by molar-refractivity contribution is 0.0978. The van der Waals surface area contributed by atoms with Crippen molar-refractivity contribution in [2.24, 2.45) is 0 Å². The van der Waals surface area contributed by atoms with E-state index in [4.69, 9.17) is 4.74 Å². The number of nitrogens with zero attached hydrogens (tertiary/aromatic N) is 1. The maximum atomic E-state index is 5.76. The van der Waals surface area contributed by atoms with Gasteiger partial charge in [-0.2, -0.15) is 0 Å². The minimum Gasteiger partial charge on any atom is -0.375 e. The van der Waals surface area contributed by atoms with Gasteiger partial charge in [0.15, 0.2) is 0 Å². The predicted octanol–water partition coefficient (Wildman–Crippen LogP) is 2.55. The summed E-state index contributed by atoms with van der Waals surface area (Å²) < 4.78 is 5.76. The lowest BCUT2D eigenvalue weighted by Gasteiger charge is -2.15. The summed E-state index contributed by atoms with van der Waals surface area (Å²) in [4.78, 5) is 2.41. The fourth-order valence-electron chi connectivity index (χ4n) is 2.40. The van der Waals surface area contributed by atoms with E-state index in [1.54, 1.807) is 0 Å². The molecule has 1 aromatic carbocycles. The first kappa shape index (κ1) is 14.1. The molecule has 110 valence electrons. The summed E-state index contributed by atoms with van der Waals surface area (Å²) in [5, 5.41) is 3.54. The van der Waals surface area contributed by atoms with Crippen LogP contribution in [0.5, 0.6) is 0 Å². The molecule has 2 saturated carbocycles. The lowest BCUT2D eigenvalue weighted by Crippen LogP contribution is -2.25. The van der Waals surface area contributed by atoms with Crippen molar-refractivity contribution < 1.29 is 4.74 Å². The van der Waals surface area contributed by atoms with Gasteiger partial charge in [0.1, 0.15) is 0 Å². The van der Waals surface area contributed by atoms with Crippen molar-refractivity contribution in [3.05, 3.63) is 35.4 Å².